The molecule has 3 rings (SSSR count). The molecule has 142 valence electrons. The molecule has 2 N–H and O–H groups in total. The first kappa shape index (κ1) is 19.0. The van der Waals surface area contributed by atoms with Gasteiger partial charge in [-0.25, -0.2) is 0 Å². The van der Waals surface area contributed by atoms with E-state index in [1.165, 1.54) is 0 Å². The van der Waals surface area contributed by atoms with Gasteiger partial charge in [-0.15, -0.1) is 0 Å². The maximum atomic E-state index is 12.8. The number of nitrogens with one attached hydrogen (secondary N) is 1. The number of aryl methyl sites for hydroxylation is 1. The summed E-state index contributed by atoms with van der Waals surface area (Å²) in [5, 5.41) is 12.5. The molecule has 0 radical (unpaired) electrons. The quantitative estimate of drug-likeness (QED) is 0.727. The van der Waals surface area contributed by atoms with Crippen LogP contribution in [0.2, 0.25) is 0 Å². The Balaban J connectivity index is 1.76. The molecule has 27 heavy (non-hydrogen) atoms. The molecule has 0 heterocycles. The molecular weight excluding hydrogens is 342 g/mol. The molecular formula is C22H25NO4. The van der Waals surface area contributed by atoms with E-state index < -0.39 is 5.97 Å². The summed E-state index contributed by atoms with van der Waals surface area (Å²) in [6.45, 7) is 5.93. The highest BCUT2D eigenvalue weighted by molar-refractivity contribution is 6.01. The first-order valence-electron chi connectivity index (χ1n) is 9.23. The molecule has 0 spiro atoms. The number of hydrogen-bond acceptors (Lipinski definition) is 4. The van der Waals surface area contributed by atoms with E-state index in [4.69, 9.17) is 4.74 Å². The summed E-state index contributed by atoms with van der Waals surface area (Å²) in [6, 6.07) is 11.3. The molecule has 0 saturated carbocycles. The van der Waals surface area contributed by atoms with Gasteiger partial charge in [-0.3, -0.25) is 9.59 Å². The Labute approximate surface area is 159 Å². The molecule has 2 aromatic carbocycles. The number of fused-ring (bicyclic) bond motifs is 1. The Morgan fingerprint density at radius 1 is 1.19 bits per heavy atom. The number of carbonyl (C=O) groups is 2. The van der Waals surface area contributed by atoms with Crippen molar-refractivity contribution in [2.45, 2.75) is 39.7 Å². The topological polar surface area (TPSA) is 75.6 Å². The van der Waals surface area contributed by atoms with Gasteiger partial charge in [-0.2, -0.15) is 0 Å². The zero-order valence-electron chi connectivity index (χ0n) is 15.9. The zero-order chi connectivity index (χ0) is 19.6. The average Bonchev–Trinajstić information content (AvgIpc) is 3.06. The minimum absolute atomic E-state index is 0.0176. The first-order valence-corrected chi connectivity index (χ1v) is 9.23. The summed E-state index contributed by atoms with van der Waals surface area (Å²) in [4.78, 5) is 24.1. The predicted molar refractivity (Wildman–Crippen MR) is 105 cm³/mol. The third-order valence-electron chi connectivity index (χ3n) is 4.84. The second-order valence-corrected chi connectivity index (χ2v) is 7.28. The van der Waals surface area contributed by atoms with Crippen LogP contribution in [0.5, 0.6) is 5.75 Å². The molecule has 0 amide bonds. The van der Waals surface area contributed by atoms with Crippen LogP contribution in [0.25, 0.3) is 0 Å². The van der Waals surface area contributed by atoms with Crippen molar-refractivity contribution in [3.63, 3.8) is 0 Å². The van der Waals surface area contributed by atoms with Gasteiger partial charge in [0.25, 0.3) is 0 Å². The highest BCUT2D eigenvalue weighted by Gasteiger charge is 2.29. The molecule has 0 unspecified atom stereocenters. The maximum absolute atomic E-state index is 12.8. The Morgan fingerprint density at radius 3 is 2.63 bits per heavy atom. The van der Waals surface area contributed by atoms with E-state index in [0.717, 1.165) is 22.4 Å². The number of para-hydroxylation sites is 1. The van der Waals surface area contributed by atoms with Gasteiger partial charge >= 0.3 is 5.97 Å². The number of rotatable bonds is 7. The van der Waals surface area contributed by atoms with Crippen molar-refractivity contribution in [2.24, 2.45) is 5.92 Å². The molecule has 0 aliphatic heterocycles. The summed E-state index contributed by atoms with van der Waals surface area (Å²) < 4.78 is 5.85. The number of anilines is 1. The molecule has 2 aromatic rings. The van der Waals surface area contributed by atoms with Crippen molar-refractivity contribution in [2.75, 3.05) is 11.9 Å². The van der Waals surface area contributed by atoms with Crippen LogP contribution in [-0.4, -0.2) is 29.5 Å². The highest BCUT2D eigenvalue weighted by atomic mass is 16.5. The van der Waals surface area contributed by atoms with Crippen LogP contribution >= 0.6 is 0 Å². The number of ketones is 1. The first-order chi connectivity index (χ1) is 12.9. The van der Waals surface area contributed by atoms with Crippen molar-refractivity contribution >= 4 is 17.4 Å². The fraction of sp³-hybridized carbons (Fsp3) is 0.364. The van der Waals surface area contributed by atoms with E-state index in [9.17, 15) is 14.7 Å². The van der Waals surface area contributed by atoms with E-state index in [-0.39, 0.29) is 24.3 Å². The van der Waals surface area contributed by atoms with Crippen LogP contribution in [-0.2, 0) is 17.6 Å². The van der Waals surface area contributed by atoms with Crippen molar-refractivity contribution < 1.29 is 19.4 Å². The lowest BCUT2D eigenvalue weighted by Crippen LogP contribution is -2.18. The largest absolute Gasteiger partial charge is 0.490 e. The molecule has 1 aliphatic rings. The number of carboxylic acids is 1. The van der Waals surface area contributed by atoms with E-state index in [0.29, 0.717) is 24.2 Å². The van der Waals surface area contributed by atoms with Crippen molar-refractivity contribution in [1.82, 2.24) is 0 Å². The molecule has 0 saturated heterocycles. The minimum Gasteiger partial charge on any atom is -0.490 e. The van der Waals surface area contributed by atoms with Crippen molar-refractivity contribution in [3.05, 3.63) is 58.7 Å². The van der Waals surface area contributed by atoms with Crippen LogP contribution in [0, 0.1) is 12.8 Å². The van der Waals surface area contributed by atoms with E-state index in [2.05, 4.69) is 5.32 Å². The van der Waals surface area contributed by atoms with Gasteiger partial charge in [-0.1, -0.05) is 24.3 Å². The average molecular weight is 367 g/mol. The fourth-order valence-corrected chi connectivity index (χ4v) is 3.53. The van der Waals surface area contributed by atoms with Crippen LogP contribution in [0.3, 0.4) is 0 Å². The van der Waals surface area contributed by atoms with Crippen LogP contribution in [0.4, 0.5) is 5.69 Å². The number of hydrogen-bond donors (Lipinski definition) is 2. The van der Waals surface area contributed by atoms with Gasteiger partial charge in [0.2, 0.25) is 0 Å². The monoisotopic (exact) mass is 367 g/mol. The van der Waals surface area contributed by atoms with Crippen LogP contribution < -0.4 is 10.1 Å². The summed E-state index contributed by atoms with van der Waals surface area (Å²) >= 11 is 0. The summed E-state index contributed by atoms with van der Waals surface area (Å²) in [5.41, 5.74) is 4.37. The van der Waals surface area contributed by atoms with Crippen LogP contribution in [0.15, 0.2) is 36.4 Å². The lowest BCUT2D eigenvalue weighted by atomic mass is 10.0. The zero-order valence-corrected chi connectivity index (χ0v) is 15.9. The van der Waals surface area contributed by atoms with Gasteiger partial charge in [0, 0.05) is 5.69 Å². The molecule has 0 bridgehead atoms. The van der Waals surface area contributed by atoms with Gasteiger partial charge in [0.1, 0.15) is 5.75 Å². The molecule has 0 fully saturated rings. The standard InChI is InChI=1S/C22H25NO4/c1-13(2)27-21-14(3)6-4-8-17(21)20(24)12-23-19-9-5-7-15-10-16(22(25)26)11-18(15)19/h4-9,13,16,23H,10-12H2,1-3H3,(H,25,26)/t16-/m1/s1. The van der Waals surface area contributed by atoms with E-state index >= 15 is 0 Å². The smallest absolute Gasteiger partial charge is 0.307 e. The lowest BCUT2D eigenvalue weighted by Gasteiger charge is -2.17. The Morgan fingerprint density at radius 2 is 1.93 bits per heavy atom. The molecule has 5 nitrogen and oxygen atoms in total. The molecule has 1 aliphatic carbocycles. The Hall–Kier alpha value is -2.82. The second kappa shape index (κ2) is 7.82. The number of ether oxygens (including phenoxy) is 1. The van der Waals surface area contributed by atoms with E-state index in [1.54, 1.807) is 6.07 Å². The van der Waals surface area contributed by atoms with Gasteiger partial charge in [0.15, 0.2) is 5.78 Å². The third-order valence-corrected chi connectivity index (χ3v) is 4.84. The number of carbonyl (C=O) groups excluding carboxylic acids is 1. The maximum Gasteiger partial charge on any atom is 0.307 e. The number of Topliss-reactive ketones (excluding diaryl/α,β-unsaturated/α-hetero) is 1. The Bertz CT molecular complexity index is 873. The predicted octanol–water partition coefficient (Wildman–Crippen LogP) is 3.88. The van der Waals surface area contributed by atoms with Crippen LogP contribution in [0.1, 0.15) is 40.9 Å². The van der Waals surface area contributed by atoms with Gasteiger partial charge in [0.05, 0.1) is 24.1 Å². The minimum atomic E-state index is -0.775. The summed E-state index contributed by atoms with van der Waals surface area (Å²) in [7, 11) is 0. The molecule has 5 heteroatoms. The van der Waals surface area contributed by atoms with Gasteiger partial charge < -0.3 is 15.2 Å². The SMILES string of the molecule is Cc1cccc(C(=O)CNc2cccc3c2C[C@H](C(=O)O)C3)c1OC(C)C. The normalized spacial score (nSPS) is 15.5. The molecule has 1 atom stereocenters. The van der Waals surface area contributed by atoms with E-state index in [1.807, 2.05) is 51.1 Å². The Kier molecular flexibility index (Phi) is 5.49. The number of benzene rings is 2. The van der Waals surface area contributed by atoms with Crippen molar-refractivity contribution in [3.8, 4) is 5.75 Å². The lowest BCUT2D eigenvalue weighted by molar-refractivity contribution is -0.141. The molecule has 0 aromatic heterocycles. The summed E-state index contributed by atoms with van der Waals surface area (Å²) in [5.74, 6) is -0.590. The van der Waals surface area contributed by atoms with Gasteiger partial charge in [-0.05, 0) is 62.4 Å². The third kappa shape index (κ3) is 4.13. The highest BCUT2D eigenvalue weighted by Crippen LogP contribution is 2.33. The number of aliphatic carboxylic acids is 1. The second-order valence-electron chi connectivity index (χ2n) is 7.28. The fourth-order valence-electron chi connectivity index (χ4n) is 3.53. The number of carboxylic acid groups (broad SMARTS) is 1. The summed E-state index contributed by atoms with van der Waals surface area (Å²) in [6.07, 6.45) is 1.02. The van der Waals surface area contributed by atoms with Crippen molar-refractivity contribution in [1.29, 1.82) is 0 Å².